The number of nitrogens with one attached hydrogen (secondary N) is 2. The smallest absolute Gasteiger partial charge is 0.238 e. The summed E-state index contributed by atoms with van der Waals surface area (Å²) in [6.45, 7) is 1.07. The van der Waals surface area contributed by atoms with Gasteiger partial charge in [0, 0.05) is 11.8 Å². The molecule has 0 aromatic heterocycles. The standard InChI is InChI=1S/C19H21FN2O3.ClH/c1-24-17-4-2-3-5-18(17)25-16-9-8-14(10-15(16)20)22-19(23)12-21-11-13-6-7-13;/h2-5,8-10,13,21H,6-7,11-12H2,1H3,(H,22,23);1H. The molecule has 1 aliphatic rings. The van der Waals surface area contributed by atoms with E-state index in [9.17, 15) is 9.18 Å². The first-order valence-corrected chi connectivity index (χ1v) is 8.26. The number of hydrogen-bond acceptors (Lipinski definition) is 4. The minimum absolute atomic E-state index is 0. The molecule has 0 unspecified atom stereocenters. The highest BCUT2D eigenvalue weighted by Crippen LogP contribution is 2.33. The predicted molar refractivity (Wildman–Crippen MR) is 101 cm³/mol. The lowest BCUT2D eigenvalue weighted by Gasteiger charge is -2.12. The zero-order valence-electron chi connectivity index (χ0n) is 14.5. The van der Waals surface area contributed by atoms with Crippen molar-refractivity contribution in [3.8, 4) is 17.2 Å². The summed E-state index contributed by atoms with van der Waals surface area (Å²) in [6, 6.07) is 11.3. The number of ether oxygens (including phenoxy) is 2. The molecule has 7 heteroatoms. The Labute approximate surface area is 158 Å². The van der Waals surface area contributed by atoms with Crippen LogP contribution in [0.3, 0.4) is 0 Å². The van der Waals surface area contributed by atoms with Gasteiger partial charge >= 0.3 is 0 Å². The molecule has 1 amide bonds. The van der Waals surface area contributed by atoms with Gasteiger partial charge in [-0.15, -0.1) is 12.4 Å². The number of para-hydroxylation sites is 2. The second-order valence-electron chi connectivity index (χ2n) is 6.02. The van der Waals surface area contributed by atoms with Gasteiger partial charge in [0.1, 0.15) is 0 Å². The monoisotopic (exact) mass is 380 g/mol. The lowest BCUT2D eigenvalue weighted by atomic mass is 10.2. The predicted octanol–water partition coefficient (Wildman–Crippen LogP) is 3.99. The van der Waals surface area contributed by atoms with E-state index in [1.165, 1.54) is 32.1 Å². The van der Waals surface area contributed by atoms with Crippen LogP contribution in [0.1, 0.15) is 12.8 Å². The molecule has 1 saturated carbocycles. The van der Waals surface area contributed by atoms with Gasteiger partial charge in [0.05, 0.1) is 13.7 Å². The zero-order valence-corrected chi connectivity index (χ0v) is 15.3. The van der Waals surface area contributed by atoms with E-state index in [2.05, 4.69) is 10.6 Å². The van der Waals surface area contributed by atoms with Gasteiger partial charge in [-0.2, -0.15) is 0 Å². The first kappa shape index (κ1) is 20.0. The van der Waals surface area contributed by atoms with Crippen LogP contribution < -0.4 is 20.1 Å². The van der Waals surface area contributed by atoms with Crippen LogP contribution in [-0.2, 0) is 4.79 Å². The summed E-state index contributed by atoms with van der Waals surface area (Å²) >= 11 is 0. The maximum atomic E-state index is 14.3. The van der Waals surface area contributed by atoms with Gasteiger partial charge < -0.3 is 20.1 Å². The summed E-state index contributed by atoms with van der Waals surface area (Å²) in [6.07, 6.45) is 2.46. The van der Waals surface area contributed by atoms with Crippen molar-refractivity contribution in [2.24, 2.45) is 5.92 Å². The minimum atomic E-state index is -0.561. The SMILES string of the molecule is COc1ccccc1Oc1ccc(NC(=O)CNCC2CC2)cc1F.Cl. The first-order chi connectivity index (χ1) is 12.2. The molecule has 1 fully saturated rings. The fourth-order valence-corrected chi connectivity index (χ4v) is 2.40. The fourth-order valence-electron chi connectivity index (χ4n) is 2.40. The Morgan fingerprint density at radius 2 is 1.88 bits per heavy atom. The van der Waals surface area contributed by atoms with E-state index in [0.29, 0.717) is 23.1 Å². The van der Waals surface area contributed by atoms with Gasteiger partial charge in [0.15, 0.2) is 23.1 Å². The van der Waals surface area contributed by atoms with Crippen LogP contribution in [0.15, 0.2) is 42.5 Å². The molecule has 1 aliphatic carbocycles. The van der Waals surface area contributed by atoms with Crippen LogP contribution in [-0.4, -0.2) is 26.1 Å². The van der Waals surface area contributed by atoms with Crippen LogP contribution in [0, 0.1) is 11.7 Å². The number of hydrogen-bond donors (Lipinski definition) is 2. The number of halogens is 2. The summed E-state index contributed by atoms with van der Waals surface area (Å²) in [5.41, 5.74) is 0.392. The van der Waals surface area contributed by atoms with E-state index < -0.39 is 5.82 Å². The summed E-state index contributed by atoms with van der Waals surface area (Å²) in [7, 11) is 1.52. The Balaban J connectivity index is 0.00000243. The average molecular weight is 381 g/mol. The van der Waals surface area contributed by atoms with Crippen LogP contribution in [0.5, 0.6) is 17.2 Å². The largest absolute Gasteiger partial charge is 0.493 e. The molecule has 5 nitrogen and oxygen atoms in total. The van der Waals surface area contributed by atoms with Gasteiger partial charge in [0.25, 0.3) is 0 Å². The van der Waals surface area contributed by atoms with Gasteiger partial charge in [0.2, 0.25) is 5.91 Å². The minimum Gasteiger partial charge on any atom is -0.493 e. The van der Waals surface area contributed by atoms with Crippen molar-refractivity contribution < 1.29 is 18.7 Å². The Morgan fingerprint density at radius 1 is 1.15 bits per heavy atom. The summed E-state index contributed by atoms with van der Waals surface area (Å²) in [4.78, 5) is 11.8. The van der Waals surface area contributed by atoms with Gasteiger partial charge in [-0.1, -0.05) is 12.1 Å². The molecule has 0 spiro atoms. The molecule has 0 bridgehead atoms. The van der Waals surface area contributed by atoms with Crippen molar-refractivity contribution in [1.29, 1.82) is 0 Å². The van der Waals surface area contributed by atoms with Crippen molar-refractivity contribution in [2.45, 2.75) is 12.8 Å². The highest BCUT2D eigenvalue weighted by Gasteiger charge is 2.20. The molecule has 140 valence electrons. The van der Waals surface area contributed by atoms with Crippen molar-refractivity contribution in [2.75, 3.05) is 25.5 Å². The Hall–Kier alpha value is -2.31. The Kier molecular flexibility index (Phi) is 7.24. The van der Waals surface area contributed by atoms with E-state index in [1.807, 2.05) is 0 Å². The summed E-state index contributed by atoms with van der Waals surface area (Å²) in [5.74, 6) is 0.949. The van der Waals surface area contributed by atoms with Crippen LogP contribution in [0.2, 0.25) is 0 Å². The number of methoxy groups -OCH3 is 1. The van der Waals surface area contributed by atoms with Crippen LogP contribution >= 0.6 is 12.4 Å². The van der Waals surface area contributed by atoms with Gasteiger partial charge in [-0.3, -0.25) is 4.79 Å². The maximum absolute atomic E-state index is 14.3. The second kappa shape index (κ2) is 9.40. The molecule has 0 aliphatic heterocycles. The van der Waals surface area contributed by atoms with Gasteiger partial charge in [-0.05, 0) is 49.6 Å². The topological polar surface area (TPSA) is 59.6 Å². The van der Waals surface area contributed by atoms with E-state index in [4.69, 9.17) is 9.47 Å². The number of carbonyl (C=O) groups excluding carboxylic acids is 1. The molecule has 3 rings (SSSR count). The highest BCUT2D eigenvalue weighted by molar-refractivity contribution is 5.92. The molecule has 0 saturated heterocycles. The molecule has 2 N–H and O–H groups in total. The first-order valence-electron chi connectivity index (χ1n) is 8.26. The average Bonchev–Trinajstić information content (AvgIpc) is 3.42. The second-order valence-corrected chi connectivity index (χ2v) is 6.02. The van der Waals surface area contributed by atoms with Crippen molar-refractivity contribution in [3.63, 3.8) is 0 Å². The molecule has 26 heavy (non-hydrogen) atoms. The van der Waals surface area contributed by atoms with E-state index in [1.54, 1.807) is 30.3 Å². The molecule has 0 atom stereocenters. The lowest BCUT2D eigenvalue weighted by Crippen LogP contribution is -2.29. The zero-order chi connectivity index (χ0) is 17.6. The maximum Gasteiger partial charge on any atom is 0.238 e. The molecule has 2 aromatic carbocycles. The number of carbonyl (C=O) groups is 1. The van der Waals surface area contributed by atoms with Gasteiger partial charge in [-0.25, -0.2) is 4.39 Å². The Bertz CT molecular complexity index is 753. The number of benzene rings is 2. The number of anilines is 1. The lowest BCUT2D eigenvalue weighted by molar-refractivity contribution is -0.115. The van der Waals surface area contributed by atoms with Crippen LogP contribution in [0.4, 0.5) is 10.1 Å². The Morgan fingerprint density at radius 3 is 2.54 bits per heavy atom. The number of amides is 1. The molecule has 2 aromatic rings. The third-order valence-corrected chi connectivity index (χ3v) is 3.92. The fraction of sp³-hybridized carbons (Fsp3) is 0.316. The third-order valence-electron chi connectivity index (χ3n) is 3.92. The van der Waals surface area contributed by atoms with Crippen molar-refractivity contribution in [1.82, 2.24) is 5.32 Å². The third kappa shape index (κ3) is 5.61. The van der Waals surface area contributed by atoms with E-state index >= 15 is 0 Å². The molecule has 0 heterocycles. The van der Waals surface area contributed by atoms with Crippen LogP contribution in [0.25, 0.3) is 0 Å². The molecular weight excluding hydrogens is 359 g/mol. The van der Waals surface area contributed by atoms with Crippen molar-refractivity contribution >= 4 is 24.0 Å². The summed E-state index contributed by atoms with van der Waals surface area (Å²) in [5, 5.41) is 5.76. The highest BCUT2D eigenvalue weighted by atomic mass is 35.5. The quantitative estimate of drug-likeness (QED) is 0.727. The van der Waals surface area contributed by atoms with Crippen molar-refractivity contribution in [3.05, 3.63) is 48.3 Å². The van der Waals surface area contributed by atoms with E-state index in [0.717, 1.165) is 6.54 Å². The number of rotatable bonds is 8. The summed E-state index contributed by atoms with van der Waals surface area (Å²) < 4.78 is 25.0. The normalized spacial score (nSPS) is 12.8. The molecular formula is C19H22ClFN2O3. The van der Waals surface area contributed by atoms with E-state index in [-0.39, 0.29) is 30.6 Å². The molecule has 0 radical (unpaired) electrons.